The molecule has 2 bridgehead atoms. The van der Waals surface area contributed by atoms with Gasteiger partial charge < -0.3 is 33.6 Å². The summed E-state index contributed by atoms with van der Waals surface area (Å²) in [5, 5.41) is 0. The highest BCUT2D eigenvalue weighted by molar-refractivity contribution is 5.94. The van der Waals surface area contributed by atoms with Crippen LogP contribution >= 0.6 is 0 Å². The van der Waals surface area contributed by atoms with Gasteiger partial charge in [0.25, 0.3) is 5.91 Å². The van der Waals surface area contributed by atoms with Crippen molar-refractivity contribution < 1.29 is 23.8 Å². The number of imidazole rings is 1. The summed E-state index contributed by atoms with van der Waals surface area (Å²) in [5.41, 5.74) is 2.54. The van der Waals surface area contributed by atoms with E-state index < -0.39 is 0 Å². The number of amides is 2. The second-order valence-corrected chi connectivity index (χ2v) is 10.5. The average molecular weight is 586 g/mol. The van der Waals surface area contributed by atoms with Gasteiger partial charge in [-0.05, 0) is 49.1 Å². The number of fused-ring (bicyclic) bond motifs is 4. The van der Waals surface area contributed by atoms with Gasteiger partial charge in [0.1, 0.15) is 12.4 Å². The second kappa shape index (κ2) is 15.1. The average Bonchev–Trinajstić information content (AvgIpc) is 3.74. The highest BCUT2D eigenvalue weighted by Gasteiger charge is 2.19. The van der Waals surface area contributed by atoms with Crippen molar-refractivity contribution in [2.45, 2.75) is 32.4 Å². The monoisotopic (exact) mass is 585 g/mol. The number of hydrogen-bond acceptors (Lipinski definition) is 6. The molecule has 2 amide bonds. The Balaban J connectivity index is 1.34. The summed E-state index contributed by atoms with van der Waals surface area (Å²) in [6, 6.07) is 17.4. The molecule has 3 heterocycles. The Labute approximate surface area is 252 Å². The van der Waals surface area contributed by atoms with Crippen LogP contribution < -0.4 is 9.47 Å². The minimum absolute atomic E-state index is 0.00294. The summed E-state index contributed by atoms with van der Waals surface area (Å²) >= 11 is 0. The van der Waals surface area contributed by atoms with E-state index in [2.05, 4.69) is 9.97 Å². The van der Waals surface area contributed by atoms with Gasteiger partial charge in [0.2, 0.25) is 5.91 Å². The Morgan fingerprint density at radius 1 is 0.953 bits per heavy atom. The Morgan fingerprint density at radius 2 is 1.77 bits per heavy atom. The van der Waals surface area contributed by atoms with Gasteiger partial charge in [-0.25, -0.2) is 4.98 Å². The summed E-state index contributed by atoms with van der Waals surface area (Å²) in [7, 11) is 1.62. The van der Waals surface area contributed by atoms with Crippen LogP contribution in [0.5, 0.6) is 11.5 Å². The van der Waals surface area contributed by atoms with Gasteiger partial charge in [-0.2, -0.15) is 0 Å². The molecule has 0 saturated heterocycles. The molecule has 5 rings (SSSR count). The highest BCUT2D eigenvalue weighted by atomic mass is 16.5. The van der Waals surface area contributed by atoms with Crippen molar-refractivity contribution in [1.29, 1.82) is 0 Å². The first-order valence-electron chi connectivity index (χ1n) is 14.8. The molecular formula is C33H39N5O5. The number of H-pyrrole nitrogens is 1. The maximum absolute atomic E-state index is 13.3. The highest BCUT2D eigenvalue weighted by Crippen LogP contribution is 2.32. The Morgan fingerprint density at radius 3 is 2.56 bits per heavy atom. The molecule has 0 saturated carbocycles. The third-order valence-corrected chi connectivity index (χ3v) is 7.51. The topological polar surface area (TPSA) is 102 Å². The molecule has 0 atom stereocenters. The number of methoxy groups -OCH3 is 1. The predicted octanol–water partition coefficient (Wildman–Crippen LogP) is 4.64. The zero-order valence-electron chi connectivity index (χ0n) is 24.6. The number of carbonyl (C=O) groups is 2. The van der Waals surface area contributed by atoms with E-state index in [1.54, 1.807) is 31.8 Å². The van der Waals surface area contributed by atoms with Crippen molar-refractivity contribution >= 4 is 11.8 Å². The summed E-state index contributed by atoms with van der Waals surface area (Å²) in [4.78, 5) is 37.9. The van der Waals surface area contributed by atoms with Crippen LogP contribution in [0.1, 0.15) is 35.2 Å². The number of nitrogens with one attached hydrogen (secondary N) is 1. The SMILES string of the molecule is COc1ccc2cc1OCCCN(C(=O)c1cc[nH]c1)CCCCN(C(=O)COCc1ccccc1)CCn1ccnc1-2. The standard InChI is InChI=1S/C33H39N5O5/c1-41-29-11-10-27-22-30(29)43-21-7-17-38(33(40)28-12-13-34-23-28)16-6-5-15-36(19-20-37-18-14-35-32(27)37)31(39)25-42-24-26-8-3-2-4-9-26/h2-4,8-14,18,22-23,34H,5-7,15-17,19-21,24-25H2,1H3. The third-order valence-electron chi connectivity index (χ3n) is 7.51. The van der Waals surface area contributed by atoms with Gasteiger partial charge in [0, 0.05) is 63.1 Å². The van der Waals surface area contributed by atoms with E-state index in [1.807, 2.05) is 69.1 Å². The van der Waals surface area contributed by atoms with E-state index in [0.717, 1.165) is 29.8 Å². The van der Waals surface area contributed by atoms with Crippen LogP contribution in [0.4, 0.5) is 0 Å². The second-order valence-electron chi connectivity index (χ2n) is 10.5. The fourth-order valence-corrected chi connectivity index (χ4v) is 5.19. The summed E-state index contributed by atoms with van der Waals surface area (Å²) in [6.45, 7) is 3.58. The van der Waals surface area contributed by atoms with Crippen LogP contribution in [0.15, 0.2) is 79.4 Å². The maximum atomic E-state index is 13.3. The number of aromatic nitrogens is 3. The molecular weight excluding hydrogens is 546 g/mol. The third kappa shape index (κ3) is 8.04. The van der Waals surface area contributed by atoms with E-state index >= 15 is 0 Å². The van der Waals surface area contributed by atoms with Crippen LogP contribution in [0, 0.1) is 0 Å². The van der Waals surface area contributed by atoms with Gasteiger partial charge >= 0.3 is 0 Å². The lowest BCUT2D eigenvalue weighted by Crippen LogP contribution is -2.38. The molecule has 2 aromatic carbocycles. The molecule has 0 fully saturated rings. The number of ether oxygens (including phenoxy) is 3. The lowest BCUT2D eigenvalue weighted by atomic mass is 10.2. The predicted molar refractivity (Wildman–Crippen MR) is 163 cm³/mol. The van der Waals surface area contributed by atoms with Gasteiger partial charge in [-0.15, -0.1) is 0 Å². The molecule has 1 N–H and O–H groups in total. The summed E-state index contributed by atoms with van der Waals surface area (Å²) in [5.74, 6) is 1.96. The number of rotatable bonds is 6. The molecule has 0 spiro atoms. The maximum Gasteiger partial charge on any atom is 0.255 e. The molecule has 1 aliphatic rings. The Bertz CT molecular complexity index is 1450. The van der Waals surface area contributed by atoms with Crippen LogP contribution in [0.3, 0.4) is 0 Å². The number of aromatic amines is 1. The minimum Gasteiger partial charge on any atom is -0.493 e. The van der Waals surface area contributed by atoms with Crippen molar-refractivity contribution in [2.24, 2.45) is 0 Å². The number of hydrogen-bond donors (Lipinski definition) is 1. The van der Waals surface area contributed by atoms with E-state index in [-0.39, 0.29) is 18.4 Å². The van der Waals surface area contributed by atoms with Crippen LogP contribution in [-0.4, -0.2) is 82.7 Å². The molecule has 2 aromatic heterocycles. The summed E-state index contributed by atoms with van der Waals surface area (Å²) < 4.78 is 19.5. The molecule has 0 radical (unpaired) electrons. The first-order chi connectivity index (χ1) is 21.1. The van der Waals surface area contributed by atoms with Crippen molar-refractivity contribution in [3.63, 3.8) is 0 Å². The van der Waals surface area contributed by atoms with Gasteiger partial charge in [0.05, 0.1) is 25.9 Å². The largest absolute Gasteiger partial charge is 0.493 e. The first-order valence-corrected chi connectivity index (χ1v) is 14.8. The molecule has 0 unspecified atom stereocenters. The van der Waals surface area contributed by atoms with Crippen LogP contribution in [-0.2, 0) is 22.7 Å². The fourth-order valence-electron chi connectivity index (χ4n) is 5.19. The first kappa shape index (κ1) is 29.9. The van der Waals surface area contributed by atoms with Crippen molar-refractivity contribution in [2.75, 3.05) is 46.5 Å². The molecule has 10 nitrogen and oxygen atoms in total. The zero-order valence-corrected chi connectivity index (χ0v) is 24.6. The van der Waals surface area contributed by atoms with E-state index in [4.69, 9.17) is 14.2 Å². The van der Waals surface area contributed by atoms with Gasteiger partial charge in [-0.1, -0.05) is 30.3 Å². The lowest BCUT2D eigenvalue weighted by molar-refractivity contribution is -0.136. The number of benzene rings is 2. The molecule has 4 aromatic rings. The smallest absolute Gasteiger partial charge is 0.255 e. The van der Waals surface area contributed by atoms with Gasteiger partial charge in [-0.3, -0.25) is 9.59 Å². The van der Waals surface area contributed by atoms with Crippen LogP contribution in [0.25, 0.3) is 11.4 Å². The van der Waals surface area contributed by atoms with Crippen molar-refractivity contribution in [3.05, 3.63) is 90.5 Å². The Hall–Kier alpha value is -4.57. The minimum atomic E-state index is -0.0594. The van der Waals surface area contributed by atoms with E-state index in [1.165, 1.54) is 0 Å². The number of nitrogens with zero attached hydrogens (tertiary/aromatic N) is 4. The quantitative estimate of drug-likeness (QED) is 0.354. The summed E-state index contributed by atoms with van der Waals surface area (Å²) in [6.07, 6.45) is 9.34. The van der Waals surface area contributed by atoms with Crippen LogP contribution in [0.2, 0.25) is 0 Å². The molecule has 226 valence electrons. The number of carbonyl (C=O) groups excluding carboxylic acids is 2. The molecule has 10 heteroatoms. The molecule has 43 heavy (non-hydrogen) atoms. The normalized spacial score (nSPS) is 14.8. The lowest BCUT2D eigenvalue weighted by Gasteiger charge is -2.25. The van der Waals surface area contributed by atoms with E-state index in [9.17, 15) is 9.59 Å². The molecule has 1 aliphatic heterocycles. The zero-order chi connectivity index (χ0) is 29.9. The molecule has 0 aliphatic carbocycles. The Kier molecular flexibility index (Phi) is 10.5. The fraction of sp³-hybridized carbons (Fsp3) is 0.364. The van der Waals surface area contributed by atoms with Crippen molar-refractivity contribution in [1.82, 2.24) is 24.3 Å². The van der Waals surface area contributed by atoms with Gasteiger partial charge in [0.15, 0.2) is 11.5 Å². The van der Waals surface area contributed by atoms with E-state index in [0.29, 0.717) is 69.4 Å². The van der Waals surface area contributed by atoms with Crippen molar-refractivity contribution in [3.8, 4) is 22.9 Å².